The Balaban J connectivity index is 2.85. The van der Waals surface area contributed by atoms with Crippen molar-refractivity contribution in [2.45, 2.75) is 0 Å². The monoisotopic (exact) mass is 92.0 g/mol. The predicted molar refractivity (Wildman–Crippen MR) is 16.3 cm³/mol. The third-order valence-electron chi connectivity index (χ3n) is 0.114. The molecule has 0 unspecified atom stereocenters. The Kier molecular flexibility index (Phi) is 2.16. The Morgan fingerprint density at radius 1 is 2.00 bits per heavy atom. The summed E-state index contributed by atoms with van der Waals surface area (Å²) in [5.74, 6) is 0. The van der Waals surface area contributed by atoms with E-state index in [0.29, 0.717) is 0 Å². The lowest BCUT2D eigenvalue weighted by molar-refractivity contribution is 0.218. The van der Waals surface area contributed by atoms with E-state index in [9.17, 15) is 3.52 Å². The Labute approximate surface area is 34.8 Å². The van der Waals surface area contributed by atoms with Crippen molar-refractivity contribution in [1.82, 2.24) is 0 Å². The zero-order valence-electron chi connectivity index (χ0n) is 2.44. The highest BCUT2D eigenvalue weighted by molar-refractivity contribution is 6.65. The van der Waals surface area contributed by atoms with E-state index in [1.165, 1.54) is 0 Å². The fraction of sp³-hybridized carbons (Fsp3) is 0. The molecule has 1 N–H and O–H groups in total. The van der Waals surface area contributed by atoms with Crippen LogP contribution in [0.4, 0.5) is 8.32 Å². The summed E-state index contributed by atoms with van der Waals surface area (Å²) in [4.78, 5) is 7.78. The molecule has 0 saturated heterocycles. The Hall–Kier alpha value is -0.0675. The normalized spacial score (nSPS) is 6.60. The van der Waals surface area contributed by atoms with Crippen molar-refractivity contribution in [3.63, 3.8) is 0 Å². The van der Waals surface area contributed by atoms with Gasteiger partial charge in [0, 0.05) is 0 Å². The molecule has 0 spiro atoms. The van der Waals surface area contributed by atoms with Gasteiger partial charge in [0.2, 0.25) is 4.83 Å². The minimum absolute atomic E-state index is 1.27. The quantitative estimate of drug-likeness (QED) is 0.461. The molecule has 0 aliphatic heterocycles. The maximum atomic E-state index is 10.7. The lowest BCUT2D eigenvalue weighted by Crippen LogP contribution is -1.95. The van der Waals surface area contributed by atoms with E-state index in [1.807, 2.05) is 0 Å². The fourth-order valence-corrected chi connectivity index (χ4v) is 0. The molecule has 0 saturated carbocycles. The van der Waals surface area contributed by atoms with Crippen molar-refractivity contribution in [2.24, 2.45) is 0 Å². The van der Waals surface area contributed by atoms with Gasteiger partial charge in [0.05, 0.1) is 0 Å². The third kappa shape index (κ3) is 3.93. The van der Waals surface area contributed by atoms with Crippen LogP contribution in [0.3, 0.4) is 0 Å². The highest BCUT2D eigenvalue weighted by atomic mass is 27.2. The van der Waals surface area contributed by atoms with E-state index in [2.05, 4.69) is 0 Å². The van der Waals surface area contributed by atoms with Crippen LogP contribution < -0.4 is 0 Å². The summed E-state index contributed by atoms with van der Waals surface area (Å²) in [6, 6.07) is 0. The Bertz CT molecular complexity index is 44.9. The summed E-state index contributed by atoms with van der Waals surface area (Å²) >= 11 is -2.23. The first-order chi connectivity index (χ1) is 2.27. The van der Waals surface area contributed by atoms with E-state index in [-0.39, 0.29) is 0 Å². The van der Waals surface area contributed by atoms with Gasteiger partial charge in [0.15, 0.2) is 0 Å². The smallest absolute Gasteiger partial charge is 0.493 e. The van der Waals surface area contributed by atoms with E-state index >= 15 is 0 Å². The minimum Gasteiger partial charge on any atom is -0.493 e. The summed E-state index contributed by atoms with van der Waals surface area (Å²) in [7, 11) is 0. The highest BCUT2D eigenvalue weighted by Gasteiger charge is 1.97. The molecule has 0 bridgehead atoms. The van der Waals surface area contributed by atoms with Gasteiger partial charge < -0.3 is 8.63 Å². The van der Waals surface area contributed by atoms with Gasteiger partial charge in [-0.3, -0.25) is 4.79 Å². The van der Waals surface area contributed by atoms with Gasteiger partial charge in [0.1, 0.15) is 0 Å². The van der Waals surface area contributed by atoms with Crippen LogP contribution in [0.1, 0.15) is 0 Å². The molecule has 5 heavy (non-hydrogen) atoms. The van der Waals surface area contributed by atoms with Crippen LogP contribution in [0.25, 0.3) is 0 Å². The average Bonchev–Trinajstić information content (AvgIpc) is 1.38. The van der Waals surface area contributed by atoms with Crippen molar-refractivity contribution in [1.29, 1.82) is 0 Å². The van der Waals surface area contributed by atoms with Gasteiger partial charge in [-0.2, -0.15) is 0 Å². The summed E-state index contributed by atoms with van der Waals surface area (Å²) in [5, 5.41) is 7.41. The minimum atomic E-state index is -2.23. The molecule has 0 aliphatic rings. The summed E-state index contributed by atoms with van der Waals surface area (Å²) < 4.78 is 10.7. The summed E-state index contributed by atoms with van der Waals surface area (Å²) in [6.07, 6.45) is 0. The van der Waals surface area contributed by atoms with E-state index < -0.39 is 20.5 Å². The molecule has 0 heterocycles. The SMILES string of the molecule is O=[C](O)[AlH][F]. The molecule has 0 amide bonds. The molecule has 0 rings (SSSR count). The third-order valence-corrected chi connectivity index (χ3v) is 0.343. The van der Waals surface area contributed by atoms with Crippen LogP contribution in [-0.4, -0.2) is 25.6 Å². The van der Waals surface area contributed by atoms with Crippen LogP contribution in [-0.2, 0) is 0 Å². The van der Waals surface area contributed by atoms with E-state index in [4.69, 9.17) is 9.90 Å². The standard InChI is InChI=1S/CHO2.Al.FH.H/c2-1-3;;;/h(H,2,3);;1H;/q;+1;;/p-1. The first-order valence-electron chi connectivity index (χ1n) is 1.05. The number of rotatable bonds is 1. The first kappa shape index (κ1) is 4.93. The second-order valence-electron chi connectivity index (χ2n) is 0.527. The topological polar surface area (TPSA) is 37.3 Å². The summed E-state index contributed by atoms with van der Waals surface area (Å²) in [5.41, 5.74) is 0. The maximum absolute atomic E-state index is 10.7. The molecule has 0 aromatic rings. The number of halogens is 1. The van der Waals surface area contributed by atoms with Crippen LogP contribution >= 0.6 is 0 Å². The Morgan fingerprint density at radius 3 is 2.20 bits per heavy atom. The molecule has 0 aromatic heterocycles. The van der Waals surface area contributed by atoms with Gasteiger partial charge in [-0.05, 0) is 0 Å². The lowest BCUT2D eigenvalue weighted by atomic mass is 11.6. The van der Waals surface area contributed by atoms with Crippen molar-refractivity contribution in [2.75, 3.05) is 0 Å². The van der Waals surface area contributed by atoms with Gasteiger partial charge >= 0.3 is 15.7 Å². The number of carboxylic acid groups (broad SMARTS) is 1. The first-order valence-corrected chi connectivity index (χ1v) is 2.29. The molecule has 0 aliphatic carbocycles. The van der Waals surface area contributed by atoms with Crippen molar-refractivity contribution >= 4 is 20.5 Å². The zero-order chi connectivity index (χ0) is 4.28. The summed E-state index contributed by atoms with van der Waals surface area (Å²) in [6.45, 7) is 0. The van der Waals surface area contributed by atoms with Crippen LogP contribution in [0, 0.1) is 0 Å². The molecule has 2 nitrogen and oxygen atoms in total. The fourth-order valence-electron chi connectivity index (χ4n) is 0. The average molecular weight is 92.0 g/mol. The van der Waals surface area contributed by atoms with E-state index in [1.54, 1.807) is 0 Å². The second-order valence-corrected chi connectivity index (χ2v) is 1.40. The predicted octanol–water partition coefficient (Wildman–Crippen LogP) is -0.0146. The molecule has 0 atom stereocenters. The second kappa shape index (κ2) is 2.19. The van der Waals surface area contributed by atoms with Crippen LogP contribution in [0.5, 0.6) is 0 Å². The molecule has 4 heteroatoms. The molecule has 28 valence electrons. The molecule has 0 fully saturated rings. The van der Waals surface area contributed by atoms with Gasteiger partial charge in [-0.25, -0.2) is 0 Å². The van der Waals surface area contributed by atoms with Crippen molar-refractivity contribution < 1.29 is 13.4 Å². The van der Waals surface area contributed by atoms with Crippen LogP contribution in [0.15, 0.2) is 0 Å². The molecule has 0 aromatic carbocycles. The van der Waals surface area contributed by atoms with Crippen molar-refractivity contribution in [3.05, 3.63) is 0 Å². The van der Waals surface area contributed by atoms with E-state index in [0.717, 1.165) is 0 Å². The van der Waals surface area contributed by atoms with Gasteiger partial charge in [0.25, 0.3) is 0 Å². The Morgan fingerprint density at radius 2 is 2.20 bits per heavy atom. The molecular formula is CH2AlFO2. The van der Waals surface area contributed by atoms with Gasteiger partial charge in [-0.1, -0.05) is 0 Å². The van der Waals surface area contributed by atoms with Crippen LogP contribution in [0.2, 0.25) is 0 Å². The largest absolute Gasteiger partial charge is 0.644 e. The number of carbonyl (C=O) groups is 1. The number of hydrogen-bond donors (Lipinski definition) is 1. The molecular weight excluding hydrogens is 90.0 g/mol. The number of hydrogen-bond acceptors (Lipinski definition) is 1. The maximum Gasteiger partial charge on any atom is 0.644 e. The lowest BCUT2D eigenvalue weighted by Gasteiger charge is -1.65. The van der Waals surface area contributed by atoms with Gasteiger partial charge in [-0.15, -0.1) is 0 Å². The zero-order valence-corrected chi connectivity index (χ0v) is 3.85. The molecule has 0 radical (unpaired) electrons. The van der Waals surface area contributed by atoms with Crippen molar-refractivity contribution in [3.8, 4) is 0 Å². The highest BCUT2D eigenvalue weighted by Crippen LogP contribution is 1.60.